The molecule has 27 heavy (non-hydrogen) atoms. The van der Waals surface area contributed by atoms with Crippen LogP contribution in [-0.2, 0) is 6.67 Å². The summed E-state index contributed by atoms with van der Waals surface area (Å²) < 4.78 is 7.83. The lowest BCUT2D eigenvalue weighted by molar-refractivity contribution is 0.190. The number of hydrogen-bond acceptors (Lipinski definition) is 4. The number of hydrogen-bond donors (Lipinski definition) is 1. The molecule has 2 heterocycles. The van der Waals surface area contributed by atoms with Crippen molar-refractivity contribution >= 4 is 12.2 Å². The van der Waals surface area contributed by atoms with Crippen LogP contribution in [0.5, 0.6) is 5.75 Å². The SMILES string of the molecule is COc1ccc([C@H]2CCCN2Cn2[nH]c(-c3ccc(C)cc3)nc2=S)cc1. The van der Waals surface area contributed by atoms with Crippen molar-refractivity contribution in [1.29, 1.82) is 0 Å². The van der Waals surface area contributed by atoms with Crippen LogP contribution in [-0.4, -0.2) is 33.3 Å². The summed E-state index contributed by atoms with van der Waals surface area (Å²) in [7, 11) is 1.70. The second kappa shape index (κ2) is 7.66. The van der Waals surface area contributed by atoms with Crippen molar-refractivity contribution in [3.8, 4) is 17.1 Å². The second-order valence-corrected chi connectivity index (χ2v) is 7.40. The van der Waals surface area contributed by atoms with Gasteiger partial charge < -0.3 is 4.74 Å². The van der Waals surface area contributed by atoms with Crippen LogP contribution >= 0.6 is 12.2 Å². The van der Waals surface area contributed by atoms with Crippen LogP contribution < -0.4 is 4.74 Å². The lowest BCUT2D eigenvalue weighted by atomic mass is 10.0. The van der Waals surface area contributed by atoms with Gasteiger partial charge in [-0.3, -0.25) is 10.00 Å². The maximum atomic E-state index is 5.50. The van der Waals surface area contributed by atoms with Gasteiger partial charge in [0.1, 0.15) is 5.75 Å². The molecule has 3 aromatic rings. The minimum atomic E-state index is 0.393. The van der Waals surface area contributed by atoms with Crippen LogP contribution in [0.3, 0.4) is 0 Å². The van der Waals surface area contributed by atoms with Crippen molar-refractivity contribution in [2.24, 2.45) is 0 Å². The van der Waals surface area contributed by atoms with E-state index in [1.807, 2.05) is 16.8 Å². The third-order valence-corrected chi connectivity index (χ3v) is 5.50. The second-order valence-electron chi connectivity index (χ2n) is 7.03. The normalized spacial score (nSPS) is 17.3. The number of nitrogens with one attached hydrogen (secondary N) is 1. The largest absolute Gasteiger partial charge is 0.497 e. The summed E-state index contributed by atoms with van der Waals surface area (Å²) in [5.41, 5.74) is 3.60. The Morgan fingerprint density at radius 1 is 1.15 bits per heavy atom. The van der Waals surface area contributed by atoms with E-state index in [4.69, 9.17) is 17.0 Å². The number of rotatable bonds is 5. The molecular weight excluding hydrogens is 356 g/mol. The molecule has 0 unspecified atom stereocenters. The van der Waals surface area contributed by atoms with Crippen LogP contribution in [0.2, 0.25) is 0 Å². The quantitative estimate of drug-likeness (QED) is 0.651. The van der Waals surface area contributed by atoms with E-state index in [2.05, 4.69) is 58.3 Å². The van der Waals surface area contributed by atoms with Gasteiger partial charge in [0.15, 0.2) is 5.82 Å². The first-order valence-electron chi connectivity index (χ1n) is 9.26. The van der Waals surface area contributed by atoms with Gasteiger partial charge in [0, 0.05) is 18.2 Å². The van der Waals surface area contributed by atoms with Crippen molar-refractivity contribution in [3.05, 3.63) is 64.4 Å². The molecule has 0 spiro atoms. The van der Waals surface area contributed by atoms with Crippen molar-refractivity contribution in [3.63, 3.8) is 0 Å². The first-order valence-corrected chi connectivity index (χ1v) is 9.67. The third-order valence-electron chi connectivity index (χ3n) is 5.19. The molecule has 0 amide bonds. The van der Waals surface area contributed by atoms with E-state index in [1.165, 1.54) is 17.5 Å². The van der Waals surface area contributed by atoms with E-state index in [-0.39, 0.29) is 0 Å². The number of aromatic amines is 1. The summed E-state index contributed by atoms with van der Waals surface area (Å²) in [6.07, 6.45) is 2.33. The van der Waals surface area contributed by atoms with Crippen LogP contribution in [0.25, 0.3) is 11.4 Å². The van der Waals surface area contributed by atoms with E-state index in [0.29, 0.717) is 17.5 Å². The van der Waals surface area contributed by atoms with E-state index >= 15 is 0 Å². The highest BCUT2D eigenvalue weighted by molar-refractivity contribution is 7.71. The Morgan fingerprint density at radius 2 is 1.89 bits per heavy atom. The molecule has 1 fully saturated rings. The summed E-state index contributed by atoms with van der Waals surface area (Å²) in [4.78, 5) is 7.01. The fourth-order valence-electron chi connectivity index (χ4n) is 3.67. The van der Waals surface area contributed by atoms with Gasteiger partial charge in [-0.15, -0.1) is 0 Å². The molecule has 0 radical (unpaired) electrons. The number of ether oxygens (including phenoxy) is 1. The first-order chi connectivity index (χ1) is 13.1. The zero-order valence-electron chi connectivity index (χ0n) is 15.7. The topological polar surface area (TPSA) is 46.1 Å². The Kier molecular flexibility index (Phi) is 5.09. The molecule has 1 atom stereocenters. The van der Waals surface area contributed by atoms with Crippen LogP contribution in [0, 0.1) is 11.7 Å². The predicted molar refractivity (Wildman–Crippen MR) is 109 cm³/mol. The van der Waals surface area contributed by atoms with E-state index in [1.54, 1.807) is 7.11 Å². The van der Waals surface area contributed by atoms with Gasteiger partial charge in [-0.2, -0.15) is 4.98 Å². The monoisotopic (exact) mass is 380 g/mol. The fourth-order valence-corrected chi connectivity index (χ4v) is 3.87. The third kappa shape index (κ3) is 3.82. The van der Waals surface area contributed by atoms with Crippen LogP contribution in [0.4, 0.5) is 0 Å². The molecule has 0 bridgehead atoms. The van der Waals surface area contributed by atoms with Crippen molar-refractivity contribution < 1.29 is 4.74 Å². The maximum absolute atomic E-state index is 5.50. The van der Waals surface area contributed by atoms with E-state index < -0.39 is 0 Å². The molecule has 1 aromatic heterocycles. The van der Waals surface area contributed by atoms with Crippen molar-refractivity contribution in [2.75, 3.05) is 13.7 Å². The highest BCUT2D eigenvalue weighted by atomic mass is 32.1. The number of aromatic nitrogens is 3. The molecule has 4 rings (SSSR count). The fraction of sp³-hybridized carbons (Fsp3) is 0.333. The summed E-state index contributed by atoms with van der Waals surface area (Å²) in [5.74, 6) is 1.71. The number of likely N-dealkylation sites (tertiary alicyclic amines) is 1. The minimum absolute atomic E-state index is 0.393. The first kappa shape index (κ1) is 17.9. The summed E-state index contributed by atoms with van der Waals surface area (Å²) in [6, 6.07) is 17.1. The standard InChI is InChI=1S/C21H24N4OS/c1-15-5-7-17(8-6-15)20-22-21(27)25(23-20)14-24-13-3-4-19(24)16-9-11-18(26-2)12-10-16/h5-12,19H,3-4,13-14H2,1-2H3,(H,22,23,27)/t19-/m1/s1. The van der Waals surface area contributed by atoms with Gasteiger partial charge in [-0.25, -0.2) is 4.68 Å². The van der Waals surface area contributed by atoms with Gasteiger partial charge in [0.2, 0.25) is 4.77 Å². The number of benzene rings is 2. The van der Waals surface area contributed by atoms with Gasteiger partial charge in [0.05, 0.1) is 13.8 Å². The highest BCUT2D eigenvalue weighted by Gasteiger charge is 2.26. The molecule has 1 aliphatic rings. The molecule has 0 aliphatic carbocycles. The van der Waals surface area contributed by atoms with Crippen LogP contribution in [0.1, 0.15) is 30.0 Å². The van der Waals surface area contributed by atoms with Gasteiger partial charge in [-0.1, -0.05) is 42.0 Å². The Hall–Kier alpha value is -2.44. The molecule has 6 heteroatoms. The Morgan fingerprint density at radius 3 is 2.59 bits per heavy atom. The molecular formula is C21H24N4OS. The number of nitrogens with zero attached hydrogens (tertiary/aromatic N) is 3. The zero-order valence-corrected chi connectivity index (χ0v) is 16.5. The van der Waals surface area contributed by atoms with Crippen molar-refractivity contribution in [2.45, 2.75) is 32.5 Å². The number of H-pyrrole nitrogens is 1. The zero-order chi connectivity index (χ0) is 18.8. The predicted octanol–water partition coefficient (Wildman–Crippen LogP) is 4.72. The average molecular weight is 381 g/mol. The maximum Gasteiger partial charge on any atom is 0.217 e. The van der Waals surface area contributed by atoms with Gasteiger partial charge in [0.25, 0.3) is 0 Å². The molecule has 1 N–H and O–H groups in total. The average Bonchev–Trinajstić information content (AvgIpc) is 3.30. The molecule has 0 saturated carbocycles. The molecule has 5 nitrogen and oxygen atoms in total. The van der Waals surface area contributed by atoms with Crippen LogP contribution in [0.15, 0.2) is 48.5 Å². The molecule has 2 aromatic carbocycles. The minimum Gasteiger partial charge on any atom is -0.497 e. The Labute approximate surface area is 164 Å². The Bertz CT molecular complexity index is 959. The lowest BCUT2D eigenvalue weighted by Gasteiger charge is -2.25. The smallest absolute Gasteiger partial charge is 0.217 e. The highest BCUT2D eigenvalue weighted by Crippen LogP contribution is 2.33. The summed E-state index contributed by atoms with van der Waals surface area (Å²) in [5, 5.41) is 3.37. The number of methoxy groups -OCH3 is 1. The summed E-state index contributed by atoms with van der Waals surface area (Å²) >= 11 is 5.50. The van der Waals surface area contributed by atoms with Gasteiger partial charge in [-0.05, 0) is 49.7 Å². The molecule has 1 aliphatic heterocycles. The van der Waals surface area contributed by atoms with Gasteiger partial charge >= 0.3 is 0 Å². The van der Waals surface area contributed by atoms with E-state index in [9.17, 15) is 0 Å². The Balaban J connectivity index is 1.54. The van der Waals surface area contributed by atoms with Crippen molar-refractivity contribution in [1.82, 2.24) is 19.7 Å². The summed E-state index contributed by atoms with van der Waals surface area (Å²) in [6.45, 7) is 3.85. The van der Waals surface area contributed by atoms with E-state index in [0.717, 1.165) is 30.1 Å². The number of aryl methyl sites for hydroxylation is 1. The lowest BCUT2D eigenvalue weighted by Crippen LogP contribution is -2.26. The molecule has 140 valence electrons. The molecule has 1 saturated heterocycles.